The minimum absolute atomic E-state index is 0.0628. The van der Waals surface area contributed by atoms with Crippen molar-refractivity contribution in [2.45, 2.75) is 71.5 Å². The zero-order chi connectivity index (χ0) is 31.9. The van der Waals surface area contributed by atoms with Gasteiger partial charge in [0.2, 0.25) is 11.8 Å². The molecule has 1 atom stereocenters. The summed E-state index contributed by atoms with van der Waals surface area (Å²) in [6.07, 6.45) is 0.349. The van der Waals surface area contributed by atoms with Gasteiger partial charge < -0.3 is 19.7 Å². The van der Waals surface area contributed by atoms with Crippen molar-refractivity contribution in [3.8, 4) is 11.5 Å². The second-order valence-corrected chi connectivity index (χ2v) is 12.8. The van der Waals surface area contributed by atoms with Crippen molar-refractivity contribution in [3.63, 3.8) is 0 Å². The first kappa shape index (κ1) is 33.5. The van der Waals surface area contributed by atoms with Gasteiger partial charge in [0.05, 0.1) is 24.8 Å². The van der Waals surface area contributed by atoms with Gasteiger partial charge >= 0.3 is 0 Å². The number of nitrogens with one attached hydrogen (secondary N) is 1. The van der Waals surface area contributed by atoms with Crippen LogP contribution < -0.4 is 19.1 Å². The van der Waals surface area contributed by atoms with E-state index >= 15 is 0 Å². The molecule has 0 saturated heterocycles. The highest BCUT2D eigenvalue weighted by Crippen LogP contribution is 2.33. The van der Waals surface area contributed by atoms with Crippen LogP contribution in [0.2, 0.25) is 0 Å². The molecule has 0 radical (unpaired) electrons. The Balaban J connectivity index is 2.15. The van der Waals surface area contributed by atoms with Crippen LogP contribution >= 0.6 is 0 Å². The van der Waals surface area contributed by atoms with Crippen molar-refractivity contribution >= 4 is 27.5 Å². The fraction of sp³-hybridized carbons (Fsp3) is 0.394. The number of carbonyl (C=O) groups is 2. The van der Waals surface area contributed by atoms with Gasteiger partial charge in [0.15, 0.2) is 11.5 Å². The number of amides is 2. The molecule has 0 fully saturated rings. The van der Waals surface area contributed by atoms with E-state index in [9.17, 15) is 18.0 Å². The molecule has 1 unspecified atom stereocenters. The van der Waals surface area contributed by atoms with Crippen LogP contribution in [0.1, 0.15) is 49.4 Å². The van der Waals surface area contributed by atoms with Crippen molar-refractivity contribution in [2.24, 2.45) is 0 Å². The maximum atomic E-state index is 14.3. The second-order valence-electron chi connectivity index (χ2n) is 10.9. The largest absolute Gasteiger partial charge is 0.493 e. The highest BCUT2D eigenvalue weighted by Gasteiger charge is 2.34. The average Bonchev–Trinajstić information content (AvgIpc) is 2.95. The van der Waals surface area contributed by atoms with E-state index in [0.717, 1.165) is 26.6 Å². The normalized spacial score (nSPS) is 12.0. The van der Waals surface area contributed by atoms with Crippen LogP contribution in [0, 0.1) is 20.8 Å². The van der Waals surface area contributed by atoms with Crippen molar-refractivity contribution in [2.75, 3.05) is 25.1 Å². The number of sulfonamides is 1. The van der Waals surface area contributed by atoms with Crippen LogP contribution in [0.3, 0.4) is 0 Å². The molecule has 0 aromatic heterocycles. The van der Waals surface area contributed by atoms with Crippen molar-refractivity contribution in [1.29, 1.82) is 0 Å². The first-order chi connectivity index (χ1) is 20.3. The molecule has 3 aromatic rings. The Labute approximate surface area is 255 Å². The number of methoxy groups -OCH3 is 2. The van der Waals surface area contributed by atoms with Gasteiger partial charge in [-0.2, -0.15) is 0 Å². The Kier molecular flexibility index (Phi) is 11.2. The molecule has 0 heterocycles. The van der Waals surface area contributed by atoms with E-state index in [-0.39, 0.29) is 29.1 Å². The smallest absolute Gasteiger partial charge is 0.264 e. The summed E-state index contributed by atoms with van der Waals surface area (Å²) in [4.78, 5) is 29.1. The topological polar surface area (TPSA) is 105 Å². The van der Waals surface area contributed by atoms with Crippen molar-refractivity contribution in [3.05, 3.63) is 82.9 Å². The van der Waals surface area contributed by atoms with Gasteiger partial charge in [-0.1, -0.05) is 37.3 Å². The zero-order valence-corrected chi connectivity index (χ0v) is 27.1. The monoisotopic (exact) mass is 609 g/mol. The van der Waals surface area contributed by atoms with Gasteiger partial charge in [0, 0.05) is 18.7 Å². The maximum absolute atomic E-state index is 14.3. The number of aryl methyl sites for hydroxylation is 3. The minimum atomic E-state index is -4.28. The first-order valence-electron chi connectivity index (χ1n) is 14.3. The molecule has 3 rings (SSSR count). The number of hydrogen-bond donors (Lipinski definition) is 1. The van der Waals surface area contributed by atoms with Gasteiger partial charge in [-0.05, 0) is 87.6 Å². The molecule has 10 heteroatoms. The second kappa shape index (κ2) is 14.4. The number of ether oxygens (including phenoxy) is 2. The van der Waals surface area contributed by atoms with Crippen molar-refractivity contribution < 1.29 is 27.5 Å². The van der Waals surface area contributed by atoms with Crippen LogP contribution in [-0.2, 0) is 26.2 Å². The third kappa shape index (κ3) is 8.07. The predicted octanol–water partition coefficient (Wildman–Crippen LogP) is 5.16. The molecule has 43 heavy (non-hydrogen) atoms. The van der Waals surface area contributed by atoms with Crippen LogP contribution in [0.15, 0.2) is 65.6 Å². The van der Waals surface area contributed by atoms with Gasteiger partial charge in [0.25, 0.3) is 10.0 Å². The summed E-state index contributed by atoms with van der Waals surface area (Å²) in [6.45, 7) is 10.9. The summed E-state index contributed by atoms with van der Waals surface area (Å²) in [5, 5.41) is 2.92. The van der Waals surface area contributed by atoms with Crippen molar-refractivity contribution in [1.82, 2.24) is 10.2 Å². The third-order valence-electron chi connectivity index (χ3n) is 7.14. The number of rotatable bonds is 13. The van der Waals surface area contributed by atoms with Gasteiger partial charge in [0.1, 0.15) is 12.6 Å². The van der Waals surface area contributed by atoms with Crippen LogP contribution in [0.4, 0.5) is 5.69 Å². The lowest BCUT2D eigenvalue weighted by molar-refractivity contribution is -0.140. The quantitative estimate of drug-likeness (QED) is 0.287. The minimum Gasteiger partial charge on any atom is -0.493 e. The molecule has 0 aliphatic rings. The molecular weight excluding hydrogens is 566 g/mol. The molecule has 3 aromatic carbocycles. The predicted molar refractivity (Wildman–Crippen MR) is 169 cm³/mol. The fourth-order valence-corrected chi connectivity index (χ4v) is 6.41. The first-order valence-corrected chi connectivity index (χ1v) is 15.7. The summed E-state index contributed by atoms with van der Waals surface area (Å²) in [7, 11) is -1.38. The highest BCUT2D eigenvalue weighted by molar-refractivity contribution is 7.92. The molecule has 0 aliphatic heterocycles. The fourth-order valence-electron chi connectivity index (χ4n) is 5.00. The summed E-state index contributed by atoms with van der Waals surface area (Å²) >= 11 is 0. The Morgan fingerprint density at radius 3 is 2.07 bits per heavy atom. The molecule has 0 bridgehead atoms. The summed E-state index contributed by atoms with van der Waals surface area (Å²) in [5.41, 5.74) is 3.86. The molecule has 2 amide bonds. The lowest BCUT2D eigenvalue weighted by atomic mass is 10.1. The number of carbonyl (C=O) groups excluding carboxylic acids is 2. The summed E-state index contributed by atoms with van der Waals surface area (Å²) < 4.78 is 40.4. The SMILES string of the molecule is CCC(C(=O)NC(C)C)N(Cc1ccccc1C)C(=O)CN(c1cc(C)cc(C)c1)S(=O)(=O)c1ccc(OC)c(OC)c1. The Hall–Kier alpha value is -4.05. The lowest BCUT2D eigenvalue weighted by Gasteiger charge is -2.34. The standard InChI is InChI=1S/C33H43N3O6S/c1-9-29(33(38)34-22(2)3)35(20-26-13-11-10-12-25(26)6)32(37)21-36(27-17-23(4)16-24(5)18-27)43(39,40)28-14-15-30(41-7)31(19-28)42-8/h10-19,22,29H,9,20-21H2,1-8H3,(H,34,38). The number of benzene rings is 3. The van der Waals surface area contributed by atoms with Crippen LogP contribution in [0.5, 0.6) is 11.5 Å². The van der Waals surface area contributed by atoms with Gasteiger partial charge in [-0.25, -0.2) is 8.42 Å². The highest BCUT2D eigenvalue weighted by atomic mass is 32.2. The molecule has 1 N–H and O–H groups in total. The van der Waals surface area contributed by atoms with Crippen LogP contribution in [0.25, 0.3) is 0 Å². The number of anilines is 1. The Morgan fingerprint density at radius 2 is 1.51 bits per heavy atom. The Morgan fingerprint density at radius 1 is 0.884 bits per heavy atom. The van der Waals surface area contributed by atoms with E-state index < -0.39 is 28.5 Å². The molecule has 0 aliphatic carbocycles. The van der Waals surface area contributed by atoms with E-state index in [4.69, 9.17) is 9.47 Å². The molecule has 0 saturated carbocycles. The third-order valence-corrected chi connectivity index (χ3v) is 8.90. The molecule has 9 nitrogen and oxygen atoms in total. The number of hydrogen-bond acceptors (Lipinski definition) is 6. The van der Waals surface area contributed by atoms with E-state index in [1.54, 1.807) is 12.1 Å². The molecular formula is C33H43N3O6S. The van der Waals surface area contributed by atoms with Gasteiger partial charge in [-0.3, -0.25) is 13.9 Å². The summed E-state index contributed by atoms with van der Waals surface area (Å²) in [6, 6.07) is 16.4. The average molecular weight is 610 g/mol. The molecule has 232 valence electrons. The van der Waals surface area contributed by atoms with Crippen LogP contribution in [-0.4, -0.2) is 58.0 Å². The van der Waals surface area contributed by atoms with E-state index in [1.165, 1.54) is 37.3 Å². The summed E-state index contributed by atoms with van der Waals surface area (Å²) in [5.74, 6) is -0.174. The zero-order valence-electron chi connectivity index (χ0n) is 26.3. The van der Waals surface area contributed by atoms with Gasteiger partial charge in [-0.15, -0.1) is 0 Å². The van der Waals surface area contributed by atoms with E-state index in [0.29, 0.717) is 17.9 Å². The van der Waals surface area contributed by atoms with E-state index in [1.807, 2.05) is 71.9 Å². The van der Waals surface area contributed by atoms with E-state index in [2.05, 4.69) is 5.32 Å². The Bertz CT molecular complexity index is 1530. The maximum Gasteiger partial charge on any atom is 0.264 e. The molecule has 0 spiro atoms. The lowest BCUT2D eigenvalue weighted by Crippen LogP contribution is -2.53. The number of nitrogens with zero attached hydrogens (tertiary/aromatic N) is 2.